The van der Waals surface area contributed by atoms with Crippen molar-refractivity contribution >= 4 is 50.7 Å². The molecule has 2 aliphatic rings. The lowest BCUT2D eigenvalue weighted by Crippen LogP contribution is -2.52. The van der Waals surface area contributed by atoms with E-state index in [2.05, 4.69) is 15.9 Å². The number of methoxy groups -OCH3 is 2. The van der Waals surface area contributed by atoms with Gasteiger partial charge in [-0.25, -0.2) is 0 Å². The Labute approximate surface area is 147 Å². The summed E-state index contributed by atoms with van der Waals surface area (Å²) in [6, 6.07) is 10.0. The minimum absolute atomic E-state index is 0.0126. The highest BCUT2D eigenvalue weighted by atomic mass is 79.9. The molecule has 1 aromatic carbocycles. The maximum absolute atomic E-state index is 6.89. The van der Waals surface area contributed by atoms with E-state index < -0.39 is 10.7 Å². The Kier molecular flexibility index (Phi) is 4.14. The number of hydrogen-bond acceptors (Lipinski definition) is 2. The van der Waals surface area contributed by atoms with E-state index in [1.807, 2.05) is 30.3 Å². The van der Waals surface area contributed by atoms with Gasteiger partial charge >= 0.3 is 0 Å². The van der Waals surface area contributed by atoms with Gasteiger partial charge in [0, 0.05) is 25.2 Å². The van der Waals surface area contributed by atoms with Crippen molar-refractivity contribution in [2.75, 3.05) is 14.2 Å². The van der Waals surface area contributed by atoms with Gasteiger partial charge < -0.3 is 9.47 Å². The second-order valence-electron chi connectivity index (χ2n) is 5.27. The zero-order valence-corrected chi connectivity index (χ0v) is 15.3. The van der Waals surface area contributed by atoms with Crippen LogP contribution < -0.4 is 0 Å². The Morgan fingerprint density at radius 2 is 1.67 bits per heavy atom. The van der Waals surface area contributed by atoms with Crippen LogP contribution >= 0.6 is 50.7 Å². The van der Waals surface area contributed by atoms with Crippen LogP contribution in [0, 0.1) is 5.92 Å². The van der Waals surface area contributed by atoms with Crippen molar-refractivity contribution in [2.24, 2.45) is 5.92 Å². The largest absolute Gasteiger partial charge is 0.351 e. The summed E-state index contributed by atoms with van der Waals surface area (Å²) in [6.45, 7) is 0. The lowest BCUT2D eigenvalue weighted by Gasteiger charge is -2.38. The van der Waals surface area contributed by atoms with E-state index in [1.165, 1.54) is 0 Å². The highest BCUT2D eigenvalue weighted by Gasteiger charge is 2.77. The maximum atomic E-state index is 6.89. The van der Waals surface area contributed by atoms with Gasteiger partial charge in [0.2, 0.25) is 5.79 Å². The number of fused-ring (bicyclic) bond motifs is 2. The van der Waals surface area contributed by atoms with Crippen LogP contribution in [0.15, 0.2) is 40.4 Å². The molecule has 0 saturated heterocycles. The lowest BCUT2D eigenvalue weighted by atomic mass is 9.86. The Bertz CT molecular complexity index is 588. The molecule has 0 unspecified atom stereocenters. The van der Waals surface area contributed by atoms with Crippen molar-refractivity contribution in [1.29, 1.82) is 0 Å². The molecule has 0 aromatic heterocycles. The first kappa shape index (κ1) is 16.1. The number of benzene rings is 1. The number of ether oxygens (including phenoxy) is 2. The molecule has 4 atom stereocenters. The van der Waals surface area contributed by atoms with E-state index in [0.29, 0.717) is 10.1 Å². The SMILES string of the molecule is COC1(OC)[C@H]2C(Cl)=C(Cl)[C@@]1(Cl)[C@@H](Br)[C@H]2c1ccccc1. The molecule has 0 heterocycles. The van der Waals surface area contributed by atoms with Crippen LogP contribution in [0.4, 0.5) is 0 Å². The van der Waals surface area contributed by atoms with Gasteiger partial charge in [-0.2, -0.15) is 0 Å². The van der Waals surface area contributed by atoms with Crippen molar-refractivity contribution in [1.82, 2.24) is 0 Å². The second kappa shape index (κ2) is 5.40. The summed E-state index contributed by atoms with van der Waals surface area (Å²) in [7, 11) is 3.14. The zero-order chi connectivity index (χ0) is 15.4. The van der Waals surface area contributed by atoms with Crippen molar-refractivity contribution in [3.63, 3.8) is 0 Å². The minimum Gasteiger partial charge on any atom is -0.351 e. The highest BCUT2D eigenvalue weighted by molar-refractivity contribution is 9.09. The Morgan fingerprint density at radius 3 is 2.14 bits per heavy atom. The third-order valence-corrected chi connectivity index (χ3v) is 7.89. The number of rotatable bonds is 3. The molecular weight excluding hydrogens is 398 g/mol. The first-order chi connectivity index (χ1) is 9.95. The molecular formula is C15H14BrCl3O2. The molecule has 6 heteroatoms. The molecule has 1 aromatic rings. The highest BCUT2D eigenvalue weighted by Crippen LogP contribution is 2.71. The summed E-state index contributed by atoms with van der Waals surface area (Å²) in [5.74, 6) is -1.33. The van der Waals surface area contributed by atoms with E-state index in [-0.39, 0.29) is 16.7 Å². The summed E-state index contributed by atoms with van der Waals surface area (Å²) in [4.78, 5) is -1.21. The maximum Gasteiger partial charge on any atom is 0.201 e. The van der Waals surface area contributed by atoms with Gasteiger partial charge in [0.05, 0.1) is 15.8 Å². The van der Waals surface area contributed by atoms with Gasteiger partial charge in [-0.3, -0.25) is 0 Å². The van der Waals surface area contributed by atoms with Gasteiger partial charge in [0.15, 0.2) is 0 Å². The Hall–Kier alpha value is 0.230. The fourth-order valence-corrected chi connectivity index (χ4v) is 6.29. The fourth-order valence-electron chi connectivity index (χ4n) is 3.65. The van der Waals surface area contributed by atoms with Crippen molar-refractivity contribution in [3.8, 4) is 0 Å². The normalized spacial score (nSPS) is 37.3. The average molecular weight is 413 g/mol. The van der Waals surface area contributed by atoms with Crippen molar-refractivity contribution < 1.29 is 9.47 Å². The van der Waals surface area contributed by atoms with Gasteiger partial charge in [0.1, 0.15) is 4.87 Å². The van der Waals surface area contributed by atoms with Crippen LogP contribution in [0.5, 0.6) is 0 Å². The Morgan fingerprint density at radius 1 is 1.10 bits per heavy atom. The van der Waals surface area contributed by atoms with Crippen LogP contribution in [-0.2, 0) is 9.47 Å². The molecule has 2 aliphatic carbocycles. The quantitative estimate of drug-likeness (QED) is 0.523. The predicted octanol–water partition coefficient (Wildman–Crippen LogP) is 4.83. The second-order valence-corrected chi connectivity index (χ2v) is 7.63. The molecule has 0 N–H and O–H groups in total. The summed E-state index contributed by atoms with van der Waals surface area (Å²) in [5, 5.41) is 0.911. The monoisotopic (exact) mass is 410 g/mol. The average Bonchev–Trinajstić information content (AvgIpc) is 2.82. The smallest absolute Gasteiger partial charge is 0.201 e. The molecule has 0 spiro atoms. The minimum atomic E-state index is -1.09. The van der Waals surface area contributed by atoms with Gasteiger partial charge in [0.25, 0.3) is 0 Å². The molecule has 1 saturated carbocycles. The van der Waals surface area contributed by atoms with Crippen molar-refractivity contribution in [3.05, 3.63) is 46.0 Å². The lowest BCUT2D eigenvalue weighted by molar-refractivity contribution is -0.224. The van der Waals surface area contributed by atoms with Crippen LogP contribution in [0.1, 0.15) is 11.5 Å². The van der Waals surface area contributed by atoms with Gasteiger partial charge in [-0.05, 0) is 5.56 Å². The zero-order valence-electron chi connectivity index (χ0n) is 11.4. The standard InChI is InChI=1S/C15H14BrCl3O2/c1-20-15(21-2)10-9(8-6-4-3-5-7-8)12(16)14(15,19)13(18)11(10)17/h3-7,9-10,12H,1-2H3/t9-,10+,12-,14-/m0/s1. The number of halogens is 4. The van der Waals surface area contributed by atoms with Crippen LogP contribution in [0.2, 0.25) is 0 Å². The van der Waals surface area contributed by atoms with Gasteiger partial charge in [-0.15, -0.1) is 11.6 Å². The summed E-state index contributed by atoms with van der Waals surface area (Å²) >= 11 is 23.5. The topological polar surface area (TPSA) is 18.5 Å². The van der Waals surface area contributed by atoms with Crippen LogP contribution in [-0.4, -0.2) is 29.7 Å². The first-order valence-corrected chi connectivity index (χ1v) is 8.54. The molecule has 21 heavy (non-hydrogen) atoms. The van der Waals surface area contributed by atoms with Crippen molar-refractivity contribution in [2.45, 2.75) is 21.4 Å². The summed E-state index contributed by atoms with van der Waals surface area (Å²) in [5.41, 5.74) is 1.12. The van der Waals surface area contributed by atoms with Gasteiger partial charge in [-0.1, -0.05) is 69.5 Å². The molecule has 3 rings (SSSR count). The number of alkyl halides is 2. The Balaban J connectivity index is 2.21. The molecule has 1 fully saturated rings. The van der Waals surface area contributed by atoms with Crippen LogP contribution in [0.3, 0.4) is 0 Å². The third kappa shape index (κ3) is 1.79. The third-order valence-electron chi connectivity index (χ3n) is 4.56. The van der Waals surface area contributed by atoms with E-state index in [1.54, 1.807) is 14.2 Å². The molecule has 0 aliphatic heterocycles. The summed E-state index contributed by atoms with van der Waals surface area (Å²) in [6.07, 6.45) is 0. The van der Waals surface area contributed by atoms with E-state index in [4.69, 9.17) is 44.3 Å². The fraction of sp³-hybridized carbons (Fsp3) is 0.467. The van der Waals surface area contributed by atoms with E-state index in [9.17, 15) is 0 Å². The molecule has 114 valence electrons. The number of hydrogen-bond donors (Lipinski definition) is 0. The van der Waals surface area contributed by atoms with E-state index in [0.717, 1.165) is 5.56 Å². The first-order valence-electron chi connectivity index (χ1n) is 6.49. The molecule has 2 nitrogen and oxygen atoms in total. The summed E-state index contributed by atoms with van der Waals surface area (Å²) < 4.78 is 11.4. The molecule has 2 bridgehead atoms. The van der Waals surface area contributed by atoms with Crippen LogP contribution in [0.25, 0.3) is 0 Å². The predicted molar refractivity (Wildman–Crippen MR) is 89.5 cm³/mol. The molecule has 0 radical (unpaired) electrons. The molecule has 0 amide bonds. The van der Waals surface area contributed by atoms with E-state index >= 15 is 0 Å².